The van der Waals surface area contributed by atoms with Gasteiger partial charge in [-0.1, -0.05) is 52.4 Å². The van der Waals surface area contributed by atoms with E-state index in [9.17, 15) is 0 Å². The molecule has 0 amide bonds. The molecule has 0 saturated carbocycles. The Morgan fingerprint density at radius 2 is 1.68 bits per heavy atom. The summed E-state index contributed by atoms with van der Waals surface area (Å²) in [6, 6.07) is 2.69. The average molecular weight is 262 g/mol. The third-order valence-corrected chi connectivity index (χ3v) is 3.71. The molecule has 0 bridgehead atoms. The SMILES string of the molecule is CCCCCC(CCCCC)Nc1cnccc1C. The second kappa shape index (κ2) is 9.82. The van der Waals surface area contributed by atoms with Crippen molar-refractivity contribution in [1.29, 1.82) is 0 Å². The van der Waals surface area contributed by atoms with Crippen molar-refractivity contribution in [2.24, 2.45) is 0 Å². The van der Waals surface area contributed by atoms with Crippen molar-refractivity contribution >= 4 is 5.69 Å². The lowest BCUT2D eigenvalue weighted by atomic mass is 10.0. The summed E-state index contributed by atoms with van der Waals surface area (Å²) in [6.45, 7) is 6.69. The number of aromatic nitrogens is 1. The third kappa shape index (κ3) is 6.60. The van der Waals surface area contributed by atoms with Crippen LogP contribution < -0.4 is 5.32 Å². The van der Waals surface area contributed by atoms with E-state index >= 15 is 0 Å². The Morgan fingerprint density at radius 1 is 1.05 bits per heavy atom. The molecule has 0 aliphatic carbocycles. The number of nitrogens with zero attached hydrogens (tertiary/aromatic N) is 1. The van der Waals surface area contributed by atoms with Gasteiger partial charge in [0.1, 0.15) is 0 Å². The summed E-state index contributed by atoms with van der Waals surface area (Å²) in [5.74, 6) is 0. The molecule has 0 radical (unpaired) electrons. The lowest BCUT2D eigenvalue weighted by Gasteiger charge is -2.21. The summed E-state index contributed by atoms with van der Waals surface area (Å²) < 4.78 is 0. The number of rotatable bonds is 10. The zero-order chi connectivity index (χ0) is 13.9. The lowest BCUT2D eigenvalue weighted by Crippen LogP contribution is -2.20. The Hall–Kier alpha value is -1.05. The number of unbranched alkanes of at least 4 members (excludes halogenated alkanes) is 4. The molecule has 1 aromatic rings. The highest BCUT2D eigenvalue weighted by Gasteiger charge is 2.09. The highest BCUT2D eigenvalue weighted by atomic mass is 14.9. The highest BCUT2D eigenvalue weighted by molar-refractivity contribution is 5.48. The van der Waals surface area contributed by atoms with E-state index in [1.54, 1.807) is 0 Å². The van der Waals surface area contributed by atoms with Crippen LogP contribution in [0.1, 0.15) is 70.8 Å². The molecule has 1 heterocycles. The first-order chi connectivity index (χ1) is 9.27. The van der Waals surface area contributed by atoms with Crippen LogP contribution in [-0.2, 0) is 0 Å². The maximum Gasteiger partial charge on any atom is 0.0558 e. The molecular formula is C17H30N2. The average Bonchev–Trinajstić information content (AvgIpc) is 2.41. The fourth-order valence-electron chi connectivity index (χ4n) is 2.41. The van der Waals surface area contributed by atoms with Crippen molar-refractivity contribution in [2.45, 2.75) is 78.2 Å². The topological polar surface area (TPSA) is 24.9 Å². The van der Waals surface area contributed by atoms with E-state index in [4.69, 9.17) is 0 Å². The molecular weight excluding hydrogens is 232 g/mol. The number of nitrogens with one attached hydrogen (secondary N) is 1. The summed E-state index contributed by atoms with van der Waals surface area (Å²) in [6.07, 6.45) is 14.3. The van der Waals surface area contributed by atoms with E-state index in [1.807, 2.05) is 12.4 Å². The number of anilines is 1. The van der Waals surface area contributed by atoms with Crippen molar-refractivity contribution in [1.82, 2.24) is 4.98 Å². The van der Waals surface area contributed by atoms with Crippen LogP contribution in [0.5, 0.6) is 0 Å². The van der Waals surface area contributed by atoms with Crippen molar-refractivity contribution in [2.75, 3.05) is 5.32 Å². The largest absolute Gasteiger partial charge is 0.381 e. The van der Waals surface area contributed by atoms with Crippen LogP contribution in [-0.4, -0.2) is 11.0 Å². The number of pyridine rings is 1. The molecule has 0 atom stereocenters. The molecule has 0 unspecified atom stereocenters. The normalized spacial score (nSPS) is 10.9. The summed E-state index contributed by atoms with van der Waals surface area (Å²) in [5.41, 5.74) is 2.51. The first kappa shape index (κ1) is 16.0. The van der Waals surface area contributed by atoms with Gasteiger partial charge >= 0.3 is 0 Å². The van der Waals surface area contributed by atoms with Gasteiger partial charge in [0.25, 0.3) is 0 Å². The Kier molecular flexibility index (Phi) is 8.28. The van der Waals surface area contributed by atoms with Gasteiger partial charge in [0.05, 0.1) is 11.9 Å². The van der Waals surface area contributed by atoms with Crippen LogP contribution in [0.25, 0.3) is 0 Å². The molecule has 1 rings (SSSR count). The van der Waals surface area contributed by atoms with Crippen molar-refractivity contribution in [3.63, 3.8) is 0 Å². The fourth-order valence-corrected chi connectivity index (χ4v) is 2.41. The minimum atomic E-state index is 0.612. The van der Waals surface area contributed by atoms with Crippen LogP contribution in [0.3, 0.4) is 0 Å². The van der Waals surface area contributed by atoms with E-state index in [-0.39, 0.29) is 0 Å². The van der Waals surface area contributed by atoms with Crippen molar-refractivity contribution in [3.05, 3.63) is 24.0 Å². The monoisotopic (exact) mass is 262 g/mol. The lowest BCUT2D eigenvalue weighted by molar-refractivity contribution is 0.526. The molecule has 0 spiro atoms. The summed E-state index contributed by atoms with van der Waals surface area (Å²) >= 11 is 0. The molecule has 2 heteroatoms. The quantitative estimate of drug-likeness (QED) is 0.576. The Bertz CT molecular complexity index is 326. The molecule has 108 valence electrons. The summed E-state index contributed by atoms with van der Waals surface area (Å²) in [4.78, 5) is 4.23. The second-order valence-electron chi connectivity index (χ2n) is 5.52. The van der Waals surface area contributed by atoms with Gasteiger partial charge in [-0.25, -0.2) is 0 Å². The number of aryl methyl sites for hydroxylation is 1. The first-order valence-electron chi connectivity index (χ1n) is 7.95. The van der Waals surface area contributed by atoms with Gasteiger partial charge in [0, 0.05) is 12.2 Å². The van der Waals surface area contributed by atoms with Crippen LogP contribution in [0, 0.1) is 6.92 Å². The van der Waals surface area contributed by atoms with Gasteiger partial charge in [-0.2, -0.15) is 0 Å². The first-order valence-corrected chi connectivity index (χ1v) is 7.95. The molecule has 19 heavy (non-hydrogen) atoms. The second-order valence-corrected chi connectivity index (χ2v) is 5.52. The molecule has 0 aliphatic rings. The third-order valence-electron chi connectivity index (χ3n) is 3.71. The predicted octanol–water partition coefficient (Wildman–Crippen LogP) is 5.33. The number of hydrogen-bond acceptors (Lipinski definition) is 2. The smallest absolute Gasteiger partial charge is 0.0558 e. The molecule has 2 nitrogen and oxygen atoms in total. The van der Waals surface area contributed by atoms with Crippen LogP contribution in [0.15, 0.2) is 18.5 Å². The van der Waals surface area contributed by atoms with E-state index in [2.05, 4.69) is 37.1 Å². The van der Waals surface area contributed by atoms with Gasteiger partial charge in [-0.05, 0) is 31.4 Å². The standard InChI is InChI=1S/C17H30N2/c1-4-6-8-10-16(11-9-7-5-2)19-17-14-18-13-12-15(17)3/h12-14,16,19H,4-11H2,1-3H3. The van der Waals surface area contributed by atoms with Gasteiger partial charge in [0.2, 0.25) is 0 Å². The van der Waals surface area contributed by atoms with E-state index in [0.29, 0.717) is 6.04 Å². The van der Waals surface area contributed by atoms with Crippen LogP contribution in [0.4, 0.5) is 5.69 Å². The van der Waals surface area contributed by atoms with Gasteiger partial charge < -0.3 is 5.32 Å². The minimum absolute atomic E-state index is 0.612. The van der Waals surface area contributed by atoms with Crippen LogP contribution in [0.2, 0.25) is 0 Å². The van der Waals surface area contributed by atoms with Crippen molar-refractivity contribution in [3.8, 4) is 0 Å². The zero-order valence-electron chi connectivity index (χ0n) is 12.9. The maximum atomic E-state index is 4.23. The van der Waals surface area contributed by atoms with Gasteiger partial charge in [-0.3, -0.25) is 4.98 Å². The Morgan fingerprint density at radius 3 is 2.21 bits per heavy atom. The molecule has 1 N–H and O–H groups in total. The zero-order valence-corrected chi connectivity index (χ0v) is 12.9. The Labute approximate surface area is 119 Å². The molecule has 0 saturated heterocycles. The van der Waals surface area contributed by atoms with Crippen molar-refractivity contribution < 1.29 is 0 Å². The molecule has 1 aromatic heterocycles. The van der Waals surface area contributed by atoms with Crippen LogP contribution >= 0.6 is 0 Å². The fraction of sp³-hybridized carbons (Fsp3) is 0.706. The van der Waals surface area contributed by atoms with Gasteiger partial charge in [-0.15, -0.1) is 0 Å². The molecule has 0 aromatic carbocycles. The van der Waals surface area contributed by atoms with E-state index in [1.165, 1.54) is 62.6 Å². The molecule has 0 fully saturated rings. The van der Waals surface area contributed by atoms with Gasteiger partial charge in [0.15, 0.2) is 0 Å². The Balaban J connectivity index is 2.49. The van der Waals surface area contributed by atoms with E-state index < -0.39 is 0 Å². The highest BCUT2D eigenvalue weighted by Crippen LogP contribution is 2.19. The maximum absolute atomic E-state index is 4.23. The molecule has 0 aliphatic heterocycles. The summed E-state index contributed by atoms with van der Waals surface area (Å²) in [5, 5.41) is 3.70. The number of hydrogen-bond donors (Lipinski definition) is 1. The minimum Gasteiger partial charge on any atom is -0.381 e. The van der Waals surface area contributed by atoms with E-state index in [0.717, 1.165) is 0 Å². The predicted molar refractivity (Wildman–Crippen MR) is 84.7 cm³/mol. The summed E-state index contributed by atoms with van der Waals surface area (Å²) in [7, 11) is 0.